The largest absolute Gasteiger partial charge is 0.327 e. The first-order chi connectivity index (χ1) is 12.0. The van der Waals surface area contributed by atoms with Gasteiger partial charge in [-0.1, -0.05) is 6.07 Å². The molecule has 0 atom stereocenters. The fraction of sp³-hybridized carbons (Fsp3) is 0.278. The van der Waals surface area contributed by atoms with Crippen molar-refractivity contribution >= 4 is 17.5 Å². The van der Waals surface area contributed by atoms with E-state index in [1.165, 1.54) is 29.2 Å². The fourth-order valence-electron chi connectivity index (χ4n) is 2.12. The number of nitrogens with zero attached hydrogens (tertiary/aromatic N) is 3. The molecule has 1 N–H and O–H groups in total. The summed E-state index contributed by atoms with van der Waals surface area (Å²) in [4.78, 5) is 32.3. The lowest BCUT2D eigenvalue weighted by Gasteiger charge is -2.23. The molecule has 0 fully saturated rings. The van der Waals surface area contributed by atoms with Crippen molar-refractivity contribution in [3.05, 3.63) is 60.2 Å². The molecule has 0 saturated carbocycles. The van der Waals surface area contributed by atoms with Gasteiger partial charge in [0.1, 0.15) is 5.82 Å². The molecule has 1 heterocycles. The number of amides is 2. The van der Waals surface area contributed by atoms with Crippen molar-refractivity contribution in [3.63, 3.8) is 0 Å². The molecule has 2 rings (SSSR count). The minimum atomic E-state index is -0.763. The number of carbonyl (C=O) groups excluding carboxylic acids is 2. The third kappa shape index (κ3) is 5.96. The summed E-state index contributed by atoms with van der Waals surface area (Å²) in [6, 6.07) is 10.7. The molecule has 0 aliphatic carbocycles. The Morgan fingerprint density at radius 1 is 1.08 bits per heavy atom. The Morgan fingerprint density at radius 2 is 1.80 bits per heavy atom. The Kier molecular flexibility index (Phi) is 6.59. The zero-order valence-electron chi connectivity index (χ0n) is 14.3. The molecule has 0 unspecified atom stereocenters. The van der Waals surface area contributed by atoms with Gasteiger partial charge in [-0.15, -0.1) is 0 Å². The zero-order chi connectivity index (χ0) is 18.2. The summed E-state index contributed by atoms with van der Waals surface area (Å²) < 4.78 is 12.9. The number of pyridine rings is 1. The van der Waals surface area contributed by atoms with Gasteiger partial charge in [0.2, 0.25) is 0 Å². The minimum Gasteiger partial charge on any atom is -0.327 e. The molecule has 2 amide bonds. The highest BCUT2D eigenvalue weighted by Gasteiger charge is 2.22. The van der Waals surface area contributed by atoms with Crippen LogP contribution in [-0.4, -0.2) is 53.8 Å². The Bertz CT molecular complexity index is 705. The van der Waals surface area contributed by atoms with Gasteiger partial charge >= 0.3 is 11.8 Å². The molecule has 2 aromatic rings. The van der Waals surface area contributed by atoms with E-state index in [1.807, 2.05) is 25.1 Å². The highest BCUT2D eigenvalue weighted by molar-refractivity contribution is 6.39. The third-order valence-electron chi connectivity index (χ3n) is 3.48. The molecule has 1 aromatic heterocycles. The summed E-state index contributed by atoms with van der Waals surface area (Å²) >= 11 is 0. The van der Waals surface area contributed by atoms with Crippen LogP contribution in [0.4, 0.5) is 10.1 Å². The Labute approximate surface area is 146 Å². The highest BCUT2D eigenvalue weighted by Crippen LogP contribution is 2.09. The molecule has 0 aliphatic heterocycles. The van der Waals surface area contributed by atoms with Crippen LogP contribution in [-0.2, 0) is 16.1 Å². The first kappa shape index (κ1) is 18.5. The number of carbonyl (C=O) groups is 2. The molecule has 7 heteroatoms. The lowest BCUT2D eigenvalue weighted by Crippen LogP contribution is -2.42. The van der Waals surface area contributed by atoms with Gasteiger partial charge in [-0.05, 0) is 50.5 Å². The van der Waals surface area contributed by atoms with Crippen LogP contribution in [0.25, 0.3) is 0 Å². The highest BCUT2D eigenvalue weighted by atomic mass is 19.1. The van der Waals surface area contributed by atoms with Gasteiger partial charge in [0, 0.05) is 25.0 Å². The van der Waals surface area contributed by atoms with Crippen molar-refractivity contribution in [3.8, 4) is 0 Å². The van der Waals surface area contributed by atoms with Crippen LogP contribution < -0.4 is 5.32 Å². The zero-order valence-corrected chi connectivity index (χ0v) is 14.3. The molecule has 25 heavy (non-hydrogen) atoms. The van der Waals surface area contributed by atoms with Crippen LogP contribution in [0.3, 0.4) is 0 Å². The van der Waals surface area contributed by atoms with E-state index in [2.05, 4.69) is 10.3 Å². The van der Waals surface area contributed by atoms with Gasteiger partial charge in [-0.3, -0.25) is 14.6 Å². The van der Waals surface area contributed by atoms with E-state index in [9.17, 15) is 14.0 Å². The molecule has 1 aromatic carbocycles. The number of halogens is 1. The van der Waals surface area contributed by atoms with E-state index < -0.39 is 17.6 Å². The second kappa shape index (κ2) is 8.89. The smallest absolute Gasteiger partial charge is 0.313 e. The van der Waals surface area contributed by atoms with Gasteiger partial charge in [-0.2, -0.15) is 0 Å². The Morgan fingerprint density at radius 3 is 2.40 bits per heavy atom. The van der Waals surface area contributed by atoms with Crippen LogP contribution in [0, 0.1) is 5.82 Å². The molecule has 0 radical (unpaired) electrons. The van der Waals surface area contributed by atoms with Gasteiger partial charge in [0.15, 0.2) is 0 Å². The SMILES string of the molecule is CN(C)CCN(Cc1ccccn1)C(=O)C(=O)Nc1ccc(F)cc1. The van der Waals surface area contributed by atoms with E-state index in [1.54, 1.807) is 18.3 Å². The average molecular weight is 344 g/mol. The predicted molar refractivity (Wildman–Crippen MR) is 93.2 cm³/mol. The van der Waals surface area contributed by atoms with Crippen LogP contribution in [0.2, 0.25) is 0 Å². The van der Waals surface area contributed by atoms with Gasteiger partial charge < -0.3 is 15.1 Å². The summed E-state index contributed by atoms with van der Waals surface area (Å²) in [5, 5.41) is 2.49. The Hall–Kier alpha value is -2.80. The number of anilines is 1. The fourth-order valence-corrected chi connectivity index (χ4v) is 2.12. The quantitative estimate of drug-likeness (QED) is 0.811. The number of benzene rings is 1. The second-order valence-electron chi connectivity index (χ2n) is 5.81. The van der Waals surface area contributed by atoms with E-state index in [-0.39, 0.29) is 6.54 Å². The molecular weight excluding hydrogens is 323 g/mol. The minimum absolute atomic E-state index is 0.240. The molecule has 0 bridgehead atoms. The third-order valence-corrected chi connectivity index (χ3v) is 3.48. The molecular formula is C18H21FN4O2. The number of hydrogen-bond donors (Lipinski definition) is 1. The monoisotopic (exact) mass is 344 g/mol. The van der Waals surface area contributed by atoms with Gasteiger partial charge in [-0.25, -0.2) is 4.39 Å². The standard InChI is InChI=1S/C18H21FN4O2/c1-22(2)11-12-23(13-16-5-3-4-10-20-16)18(25)17(24)21-15-8-6-14(19)7-9-15/h3-10H,11-13H2,1-2H3,(H,21,24). The molecule has 0 saturated heterocycles. The van der Waals surface area contributed by atoms with E-state index in [4.69, 9.17) is 0 Å². The van der Waals surface area contributed by atoms with Crippen LogP contribution in [0.5, 0.6) is 0 Å². The van der Waals surface area contributed by atoms with Gasteiger partial charge in [0.05, 0.1) is 12.2 Å². The predicted octanol–water partition coefficient (Wildman–Crippen LogP) is 1.75. The Balaban J connectivity index is 2.07. The maximum Gasteiger partial charge on any atom is 0.313 e. The van der Waals surface area contributed by atoms with Crippen LogP contribution >= 0.6 is 0 Å². The molecule has 0 spiro atoms. The maximum absolute atomic E-state index is 12.9. The number of nitrogens with one attached hydrogen (secondary N) is 1. The lowest BCUT2D eigenvalue weighted by molar-refractivity contribution is -0.143. The molecule has 6 nitrogen and oxygen atoms in total. The van der Waals surface area contributed by atoms with E-state index in [0.717, 1.165) is 0 Å². The topological polar surface area (TPSA) is 65.5 Å². The summed E-state index contributed by atoms with van der Waals surface area (Å²) in [7, 11) is 3.78. The molecule has 0 aliphatic rings. The average Bonchev–Trinajstić information content (AvgIpc) is 2.60. The first-order valence-electron chi connectivity index (χ1n) is 7.86. The van der Waals surface area contributed by atoms with Crippen molar-refractivity contribution in [1.82, 2.24) is 14.8 Å². The van der Waals surface area contributed by atoms with Crippen LogP contribution in [0.1, 0.15) is 5.69 Å². The number of aromatic nitrogens is 1. The van der Waals surface area contributed by atoms with E-state index >= 15 is 0 Å². The first-order valence-corrected chi connectivity index (χ1v) is 7.86. The second-order valence-corrected chi connectivity index (χ2v) is 5.81. The van der Waals surface area contributed by atoms with E-state index in [0.29, 0.717) is 24.5 Å². The number of rotatable bonds is 6. The van der Waals surface area contributed by atoms with Crippen molar-refractivity contribution < 1.29 is 14.0 Å². The summed E-state index contributed by atoms with van der Waals surface area (Å²) in [6.45, 7) is 1.24. The molecule has 132 valence electrons. The van der Waals surface area contributed by atoms with Gasteiger partial charge in [0.25, 0.3) is 0 Å². The maximum atomic E-state index is 12.9. The lowest BCUT2D eigenvalue weighted by atomic mass is 10.3. The number of likely N-dealkylation sites (N-methyl/N-ethyl adjacent to an activating group) is 1. The van der Waals surface area contributed by atoms with Crippen molar-refractivity contribution in [2.45, 2.75) is 6.54 Å². The summed E-state index contributed by atoms with van der Waals surface area (Å²) in [6.07, 6.45) is 1.64. The normalized spacial score (nSPS) is 10.6. The number of hydrogen-bond acceptors (Lipinski definition) is 4. The van der Waals surface area contributed by atoms with Crippen molar-refractivity contribution in [2.75, 3.05) is 32.5 Å². The van der Waals surface area contributed by atoms with Crippen molar-refractivity contribution in [1.29, 1.82) is 0 Å². The summed E-state index contributed by atoms with van der Waals surface area (Å²) in [5.74, 6) is -1.83. The van der Waals surface area contributed by atoms with Crippen molar-refractivity contribution in [2.24, 2.45) is 0 Å². The van der Waals surface area contributed by atoms with Crippen LogP contribution in [0.15, 0.2) is 48.7 Å². The summed E-state index contributed by atoms with van der Waals surface area (Å²) in [5.41, 5.74) is 1.06.